The first-order chi connectivity index (χ1) is 10.9. The second kappa shape index (κ2) is 8.27. The predicted octanol–water partition coefficient (Wildman–Crippen LogP) is 4.16. The highest BCUT2D eigenvalue weighted by Crippen LogP contribution is 2.29. The fourth-order valence-electron chi connectivity index (χ4n) is 1.65. The molecule has 0 unspecified atom stereocenters. The quantitative estimate of drug-likeness (QED) is 0.445. The summed E-state index contributed by atoms with van der Waals surface area (Å²) in [6, 6.07) is 9.71. The van der Waals surface area contributed by atoms with Gasteiger partial charge in [-0.1, -0.05) is 46.4 Å². The van der Waals surface area contributed by atoms with Crippen LogP contribution in [-0.4, -0.2) is 17.3 Å². The number of carbonyl (C=O) groups is 1. The molecule has 2 aromatic carbocycles. The van der Waals surface area contributed by atoms with Crippen LogP contribution in [0.2, 0.25) is 20.1 Å². The molecule has 0 atom stereocenters. The molecule has 0 saturated heterocycles. The highest BCUT2D eigenvalue weighted by Gasteiger charge is 2.16. The Bertz CT molecular complexity index is 763. The lowest BCUT2D eigenvalue weighted by atomic mass is 10.2. The lowest BCUT2D eigenvalue weighted by Crippen LogP contribution is -2.69. The van der Waals surface area contributed by atoms with Crippen molar-refractivity contribution in [2.75, 3.05) is 6.26 Å². The van der Waals surface area contributed by atoms with Gasteiger partial charge in [-0.2, -0.15) is 0 Å². The zero-order chi connectivity index (χ0) is 17.0. The Morgan fingerprint density at radius 3 is 2.22 bits per heavy atom. The average molecular weight is 409 g/mol. The Morgan fingerprint density at radius 2 is 1.61 bits per heavy atom. The van der Waals surface area contributed by atoms with Gasteiger partial charge in [-0.3, -0.25) is 0 Å². The van der Waals surface area contributed by atoms with Crippen LogP contribution in [0.15, 0.2) is 36.4 Å². The monoisotopic (exact) mass is 407 g/mol. The summed E-state index contributed by atoms with van der Waals surface area (Å²) in [4.78, 5) is 15.2. The molecule has 0 aliphatic rings. The van der Waals surface area contributed by atoms with Crippen molar-refractivity contribution in [1.29, 1.82) is 0 Å². The topological polar surface area (TPSA) is 43.1 Å². The minimum absolute atomic E-state index is 0.269. The number of benzene rings is 2. The van der Waals surface area contributed by atoms with Crippen molar-refractivity contribution in [2.45, 2.75) is 0 Å². The molecule has 2 aromatic rings. The van der Waals surface area contributed by atoms with Gasteiger partial charge in [0, 0.05) is 11.1 Å². The van der Waals surface area contributed by atoms with E-state index in [1.54, 1.807) is 30.3 Å². The van der Waals surface area contributed by atoms with Crippen LogP contribution in [0.4, 0.5) is 5.69 Å². The smallest absolute Gasteiger partial charge is 0.241 e. The van der Waals surface area contributed by atoms with Gasteiger partial charge in [0.1, 0.15) is 5.69 Å². The fraction of sp³-hybridized carbons (Fsp3) is 0.0667. The minimum atomic E-state index is -0.269. The van der Waals surface area contributed by atoms with Crippen LogP contribution in [-0.2, 0) is 0 Å². The van der Waals surface area contributed by atoms with Crippen molar-refractivity contribution in [2.24, 2.45) is 0 Å². The van der Waals surface area contributed by atoms with E-state index in [-0.39, 0.29) is 5.91 Å². The van der Waals surface area contributed by atoms with Crippen molar-refractivity contribution in [1.82, 2.24) is 5.32 Å². The maximum absolute atomic E-state index is 12.2. The van der Waals surface area contributed by atoms with Crippen molar-refractivity contribution < 1.29 is 9.79 Å². The average Bonchev–Trinajstić information content (AvgIpc) is 2.52. The zero-order valence-electron chi connectivity index (χ0n) is 11.8. The summed E-state index contributed by atoms with van der Waals surface area (Å²) < 4.78 is 0. The Morgan fingerprint density at radius 1 is 1.00 bits per heavy atom. The Kier molecular flexibility index (Phi) is 6.62. The number of amidine groups is 1. The number of hydrogen-bond donors (Lipinski definition) is 2. The minimum Gasteiger partial charge on any atom is -0.241 e. The normalized spacial score (nSPS) is 11.4. The van der Waals surface area contributed by atoms with Gasteiger partial charge < -0.3 is 0 Å². The van der Waals surface area contributed by atoms with Gasteiger partial charge >= 0.3 is 11.1 Å². The molecule has 0 spiro atoms. The van der Waals surface area contributed by atoms with E-state index in [1.165, 1.54) is 17.8 Å². The lowest BCUT2D eigenvalue weighted by molar-refractivity contribution is -0.351. The molecule has 3 nitrogen and oxygen atoms in total. The van der Waals surface area contributed by atoms with Crippen LogP contribution in [0.5, 0.6) is 0 Å². The molecule has 2 rings (SSSR count). The van der Waals surface area contributed by atoms with Crippen LogP contribution in [0, 0.1) is 0 Å². The molecule has 0 radical (unpaired) electrons. The standard InChI is InChI=1S/C15H10Cl4N2OS/c1-23-15(20-13-7-11(18)10(17)6-12(13)19)21-14(22)8-2-4-9(16)5-3-8/h2-7H,1H3,(H,20,21,22)/p+1. The Hall–Kier alpha value is -0.910. The van der Waals surface area contributed by atoms with E-state index in [1.807, 2.05) is 6.26 Å². The van der Waals surface area contributed by atoms with E-state index in [0.717, 1.165) is 0 Å². The molecule has 2 N–H and O–H groups in total. The molecule has 0 saturated carbocycles. The fourth-order valence-corrected chi connectivity index (χ4v) is 2.78. The Labute approximate surface area is 158 Å². The maximum atomic E-state index is 12.2. The van der Waals surface area contributed by atoms with Crippen molar-refractivity contribution in [3.63, 3.8) is 0 Å². The summed E-state index contributed by atoms with van der Waals surface area (Å²) in [5.74, 6) is -0.269. The number of thioether (sulfide) groups is 1. The molecule has 1 amide bonds. The molecule has 0 aliphatic carbocycles. The summed E-state index contributed by atoms with van der Waals surface area (Å²) in [7, 11) is 0. The Balaban J connectivity index is 2.24. The second-order valence-electron chi connectivity index (χ2n) is 4.37. The van der Waals surface area contributed by atoms with Gasteiger partial charge in [0.25, 0.3) is 0 Å². The lowest BCUT2D eigenvalue weighted by Gasteiger charge is -2.03. The third-order valence-electron chi connectivity index (χ3n) is 2.80. The molecule has 0 fully saturated rings. The molecule has 120 valence electrons. The van der Waals surface area contributed by atoms with E-state index in [4.69, 9.17) is 46.4 Å². The number of rotatable bonds is 2. The largest absolute Gasteiger partial charge is 0.339 e. The van der Waals surface area contributed by atoms with Crippen LogP contribution in [0.25, 0.3) is 0 Å². The molecule has 23 heavy (non-hydrogen) atoms. The van der Waals surface area contributed by atoms with Gasteiger partial charge in [-0.15, -0.1) is 0 Å². The highest BCUT2D eigenvalue weighted by atomic mass is 35.5. The van der Waals surface area contributed by atoms with Gasteiger partial charge in [-0.05, 0) is 48.3 Å². The maximum Gasteiger partial charge on any atom is 0.339 e. The van der Waals surface area contributed by atoms with Gasteiger partial charge in [-0.25, -0.2) is 15.1 Å². The van der Waals surface area contributed by atoms with Crippen molar-refractivity contribution in [3.8, 4) is 0 Å². The van der Waals surface area contributed by atoms with Crippen LogP contribution in [0.1, 0.15) is 10.4 Å². The van der Waals surface area contributed by atoms with Crippen molar-refractivity contribution >= 4 is 74.9 Å². The summed E-state index contributed by atoms with van der Waals surface area (Å²) in [5.41, 5.74) is 1.03. The summed E-state index contributed by atoms with van der Waals surface area (Å²) in [5, 5.41) is 4.95. The SMILES string of the molecule is CSC(NC(=O)c1ccc(Cl)cc1)=[NH+]c1cc(Cl)c(Cl)cc1Cl. The van der Waals surface area contributed by atoms with Crippen LogP contribution < -0.4 is 10.3 Å². The number of halogens is 4. The number of amides is 1. The molecule has 8 heteroatoms. The number of hydrogen-bond acceptors (Lipinski definition) is 2. The second-order valence-corrected chi connectivity index (χ2v) is 6.84. The number of nitrogens with one attached hydrogen (secondary N) is 2. The first kappa shape index (κ1) is 18.4. The van der Waals surface area contributed by atoms with Crippen LogP contribution >= 0.6 is 58.2 Å². The van der Waals surface area contributed by atoms with Crippen LogP contribution in [0.3, 0.4) is 0 Å². The van der Waals surface area contributed by atoms with Gasteiger partial charge in [0.05, 0.1) is 20.6 Å². The molecular formula is C15H11Cl4N2OS+. The van der Waals surface area contributed by atoms with Crippen molar-refractivity contribution in [3.05, 3.63) is 62.1 Å². The van der Waals surface area contributed by atoms with E-state index in [2.05, 4.69) is 10.3 Å². The van der Waals surface area contributed by atoms with E-state index in [9.17, 15) is 4.79 Å². The first-order valence-electron chi connectivity index (χ1n) is 6.30. The van der Waals surface area contributed by atoms with E-state index in [0.29, 0.717) is 36.5 Å². The summed E-state index contributed by atoms with van der Waals surface area (Å²) >= 11 is 25.1. The first-order valence-corrected chi connectivity index (χ1v) is 9.04. The van der Waals surface area contributed by atoms with Gasteiger partial charge in [0.15, 0.2) is 0 Å². The van der Waals surface area contributed by atoms with E-state index < -0.39 is 0 Å². The summed E-state index contributed by atoms with van der Waals surface area (Å²) in [6.45, 7) is 0. The molecule has 0 aliphatic heterocycles. The molecule has 0 bridgehead atoms. The molecule has 0 aromatic heterocycles. The number of carbonyl (C=O) groups excluding carboxylic acids is 1. The zero-order valence-corrected chi connectivity index (χ0v) is 15.6. The highest BCUT2D eigenvalue weighted by molar-refractivity contribution is 8.13. The third-order valence-corrected chi connectivity index (χ3v) is 4.69. The summed E-state index contributed by atoms with van der Waals surface area (Å²) in [6.07, 6.45) is 1.82. The van der Waals surface area contributed by atoms with Gasteiger partial charge in [0.2, 0.25) is 0 Å². The molecule has 0 heterocycles. The molecular weight excluding hydrogens is 398 g/mol. The third kappa shape index (κ3) is 5.03. The predicted molar refractivity (Wildman–Crippen MR) is 99.5 cm³/mol. The van der Waals surface area contributed by atoms with E-state index >= 15 is 0 Å².